The van der Waals surface area contributed by atoms with E-state index in [9.17, 15) is 4.79 Å². The maximum absolute atomic E-state index is 13.3. The fourth-order valence-electron chi connectivity index (χ4n) is 4.80. The molecule has 0 saturated carbocycles. The Balaban J connectivity index is 1.70. The van der Waals surface area contributed by atoms with Crippen molar-refractivity contribution >= 4 is 5.91 Å². The van der Waals surface area contributed by atoms with Gasteiger partial charge in [0, 0.05) is 25.7 Å². The summed E-state index contributed by atoms with van der Waals surface area (Å²) in [6.07, 6.45) is 7.89. The van der Waals surface area contributed by atoms with E-state index in [1.54, 1.807) is 0 Å². The van der Waals surface area contributed by atoms with Crippen molar-refractivity contribution in [1.82, 2.24) is 9.80 Å². The Labute approximate surface area is 189 Å². The van der Waals surface area contributed by atoms with Crippen LogP contribution in [0.25, 0.3) is 0 Å². The molecule has 3 rings (SSSR count). The topological polar surface area (TPSA) is 42.0 Å². The van der Waals surface area contributed by atoms with Crippen LogP contribution in [0, 0.1) is 5.92 Å². The third kappa shape index (κ3) is 6.38. The molecule has 5 nitrogen and oxygen atoms in total. The molecule has 5 heteroatoms. The summed E-state index contributed by atoms with van der Waals surface area (Å²) in [5.74, 6) is 3.12. The molecule has 2 aliphatic rings. The molecular weight excluding hydrogens is 388 g/mol. The number of hydrogen-bond acceptors (Lipinski definition) is 4. The zero-order chi connectivity index (χ0) is 22.2. The number of likely N-dealkylation sites (tertiary alicyclic amines) is 1. The summed E-state index contributed by atoms with van der Waals surface area (Å²) in [6.45, 7) is 12.6. The molecule has 0 radical (unpaired) electrons. The molecule has 1 aromatic rings. The molecule has 1 amide bonds. The van der Waals surface area contributed by atoms with E-state index in [4.69, 9.17) is 9.47 Å². The number of amides is 1. The number of unbranched alkanes of at least 4 members (excludes halogenated alkanes) is 2. The number of fused-ring (bicyclic) bond motifs is 1. The van der Waals surface area contributed by atoms with Crippen molar-refractivity contribution < 1.29 is 14.3 Å². The van der Waals surface area contributed by atoms with Crippen molar-refractivity contribution in [2.75, 3.05) is 33.0 Å². The van der Waals surface area contributed by atoms with E-state index < -0.39 is 0 Å². The number of nitrogens with zero attached hydrogens (tertiary/aromatic N) is 2. The summed E-state index contributed by atoms with van der Waals surface area (Å²) in [6, 6.07) is 6.83. The van der Waals surface area contributed by atoms with Crippen LogP contribution in [0.3, 0.4) is 0 Å². The Bertz CT molecular complexity index is 700. The molecule has 0 N–H and O–H groups in total. The molecule has 1 fully saturated rings. The first-order valence-electron chi connectivity index (χ1n) is 12.5. The zero-order valence-corrected chi connectivity index (χ0v) is 20.1. The van der Waals surface area contributed by atoms with Gasteiger partial charge in [0.05, 0.1) is 6.54 Å². The highest BCUT2D eigenvalue weighted by molar-refractivity contribution is 5.78. The first-order valence-corrected chi connectivity index (χ1v) is 12.5. The zero-order valence-electron chi connectivity index (χ0n) is 20.1. The van der Waals surface area contributed by atoms with Gasteiger partial charge in [-0.15, -0.1) is 0 Å². The number of rotatable bonds is 12. The second-order valence-corrected chi connectivity index (χ2v) is 9.47. The van der Waals surface area contributed by atoms with Crippen LogP contribution >= 0.6 is 0 Å². The van der Waals surface area contributed by atoms with Gasteiger partial charge in [-0.2, -0.15) is 0 Å². The second kappa shape index (κ2) is 11.8. The molecule has 1 aromatic carbocycles. The Morgan fingerprint density at radius 3 is 2.52 bits per heavy atom. The molecule has 1 saturated heterocycles. The second-order valence-electron chi connectivity index (χ2n) is 9.47. The highest BCUT2D eigenvalue weighted by Gasteiger charge is 2.35. The minimum absolute atomic E-state index is 0.308. The van der Waals surface area contributed by atoms with Crippen molar-refractivity contribution in [3.05, 3.63) is 23.8 Å². The summed E-state index contributed by atoms with van der Waals surface area (Å²) < 4.78 is 11.1. The van der Waals surface area contributed by atoms with Gasteiger partial charge in [0.25, 0.3) is 0 Å². The van der Waals surface area contributed by atoms with Gasteiger partial charge in [-0.1, -0.05) is 53.0 Å². The minimum atomic E-state index is 0.308. The van der Waals surface area contributed by atoms with Crippen molar-refractivity contribution in [2.24, 2.45) is 5.92 Å². The van der Waals surface area contributed by atoms with E-state index in [-0.39, 0.29) is 0 Å². The van der Waals surface area contributed by atoms with Crippen LogP contribution in [-0.4, -0.2) is 54.7 Å². The van der Waals surface area contributed by atoms with Crippen LogP contribution in [0.1, 0.15) is 84.1 Å². The molecule has 0 bridgehead atoms. The molecule has 2 aliphatic heterocycles. The number of hydrogen-bond donors (Lipinski definition) is 0. The number of benzene rings is 1. The lowest BCUT2D eigenvalue weighted by Gasteiger charge is -2.29. The average molecular weight is 431 g/mol. The lowest BCUT2D eigenvalue weighted by Crippen LogP contribution is -2.43. The molecule has 31 heavy (non-hydrogen) atoms. The highest BCUT2D eigenvalue weighted by Crippen LogP contribution is 2.39. The Morgan fingerprint density at radius 2 is 1.84 bits per heavy atom. The summed E-state index contributed by atoms with van der Waals surface area (Å²) in [7, 11) is 0. The van der Waals surface area contributed by atoms with Crippen molar-refractivity contribution in [3.63, 3.8) is 0 Å². The fourth-order valence-corrected chi connectivity index (χ4v) is 4.80. The monoisotopic (exact) mass is 430 g/mol. The summed E-state index contributed by atoms with van der Waals surface area (Å²) in [5.41, 5.74) is 1.31. The molecular formula is C26H42N2O3. The highest BCUT2D eigenvalue weighted by atomic mass is 16.7. The van der Waals surface area contributed by atoms with Crippen LogP contribution in [0.2, 0.25) is 0 Å². The van der Waals surface area contributed by atoms with E-state index in [1.807, 2.05) is 6.07 Å². The first-order chi connectivity index (χ1) is 15.0. The smallest absolute Gasteiger partial charge is 0.236 e. The predicted molar refractivity (Wildman–Crippen MR) is 126 cm³/mol. The van der Waals surface area contributed by atoms with Crippen LogP contribution in [0.5, 0.6) is 11.5 Å². The van der Waals surface area contributed by atoms with Gasteiger partial charge in [-0.3, -0.25) is 9.69 Å². The molecule has 1 unspecified atom stereocenters. The third-order valence-corrected chi connectivity index (χ3v) is 7.02. The molecule has 3 atom stereocenters. The van der Waals surface area contributed by atoms with Gasteiger partial charge < -0.3 is 14.4 Å². The van der Waals surface area contributed by atoms with Crippen molar-refractivity contribution in [1.29, 1.82) is 0 Å². The van der Waals surface area contributed by atoms with Crippen LogP contribution in [-0.2, 0) is 4.79 Å². The minimum Gasteiger partial charge on any atom is -0.454 e. The fraction of sp³-hybridized carbons (Fsp3) is 0.731. The van der Waals surface area contributed by atoms with Gasteiger partial charge in [0.15, 0.2) is 11.5 Å². The van der Waals surface area contributed by atoms with Crippen molar-refractivity contribution in [2.45, 2.75) is 84.6 Å². The van der Waals surface area contributed by atoms with Crippen LogP contribution in [0.15, 0.2) is 18.2 Å². The molecule has 0 spiro atoms. The van der Waals surface area contributed by atoms with Crippen LogP contribution in [0.4, 0.5) is 0 Å². The van der Waals surface area contributed by atoms with Gasteiger partial charge in [-0.25, -0.2) is 0 Å². The number of carbonyl (C=O) groups is 1. The lowest BCUT2D eigenvalue weighted by atomic mass is 9.92. The van der Waals surface area contributed by atoms with Crippen molar-refractivity contribution in [3.8, 4) is 11.5 Å². The molecule has 174 valence electrons. The van der Waals surface area contributed by atoms with Gasteiger partial charge in [-0.05, 0) is 55.2 Å². The summed E-state index contributed by atoms with van der Waals surface area (Å²) in [5, 5.41) is 0. The molecule has 0 aliphatic carbocycles. The van der Waals surface area contributed by atoms with Crippen LogP contribution < -0.4 is 9.47 Å². The van der Waals surface area contributed by atoms with Gasteiger partial charge in [0.1, 0.15) is 0 Å². The number of ether oxygens (including phenoxy) is 2. The van der Waals surface area contributed by atoms with E-state index >= 15 is 0 Å². The van der Waals surface area contributed by atoms with E-state index in [0.717, 1.165) is 69.7 Å². The standard InChI is InChI=1S/C26H42N2O3/c1-5-8-12-27(13-9-6-2)26(29)18-28-17-22(15-23(28)14-20(4)7-3)21-10-11-24-25(16-21)31-19-30-24/h10-11,16,20,22-23H,5-9,12-15,17-19H2,1-4H3/t20?,22-,23-/m0/s1. The largest absolute Gasteiger partial charge is 0.454 e. The maximum Gasteiger partial charge on any atom is 0.236 e. The predicted octanol–water partition coefficient (Wildman–Crippen LogP) is 5.44. The number of carbonyl (C=O) groups excluding carboxylic acids is 1. The quantitative estimate of drug-likeness (QED) is 0.443. The molecule has 0 aromatic heterocycles. The van der Waals surface area contributed by atoms with E-state index in [1.165, 1.54) is 12.0 Å². The first kappa shape index (κ1) is 23.9. The maximum atomic E-state index is 13.3. The average Bonchev–Trinajstić information content (AvgIpc) is 3.40. The lowest BCUT2D eigenvalue weighted by molar-refractivity contribution is -0.132. The normalized spacial score (nSPS) is 21.4. The summed E-state index contributed by atoms with van der Waals surface area (Å²) >= 11 is 0. The molecule has 2 heterocycles. The van der Waals surface area contributed by atoms with Gasteiger partial charge in [0.2, 0.25) is 12.7 Å². The SMILES string of the molecule is CCCCN(CCCC)C(=O)CN1C[C@@H](c2ccc3c(c2)OCO3)C[C@@H]1CC(C)CC. The third-order valence-electron chi connectivity index (χ3n) is 7.02. The Hall–Kier alpha value is -1.75. The van der Waals surface area contributed by atoms with E-state index in [2.05, 4.69) is 49.6 Å². The summed E-state index contributed by atoms with van der Waals surface area (Å²) in [4.78, 5) is 17.8. The van der Waals surface area contributed by atoms with E-state index in [0.29, 0.717) is 37.1 Å². The Morgan fingerprint density at radius 1 is 1.13 bits per heavy atom. The Kier molecular flexibility index (Phi) is 9.06. The van der Waals surface area contributed by atoms with Gasteiger partial charge >= 0.3 is 0 Å².